The Morgan fingerprint density at radius 1 is 1.67 bits per heavy atom. The molecule has 1 aromatic rings. The first-order chi connectivity index (χ1) is 7.28. The standard InChI is InChI=1S/C11H17N3O/c1-2-9(5-8-3-4-8)13-10-6-11(15)14-12-7-10/h6-9H,2-5H2,1H3,(H2,13,14,15). The van der Waals surface area contributed by atoms with Gasteiger partial charge in [0, 0.05) is 12.1 Å². The van der Waals surface area contributed by atoms with Crippen molar-refractivity contribution in [2.24, 2.45) is 5.92 Å². The largest absolute Gasteiger partial charge is 0.381 e. The number of hydrogen-bond donors (Lipinski definition) is 2. The van der Waals surface area contributed by atoms with Gasteiger partial charge in [-0.2, -0.15) is 5.10 Å². The van der Waals surface area contributed by atoms with E-state index in [1.165, 1.54) is 19.3 Å². The van der Waals surface area contributed by atoms with E-state index in [2.05, 4.69) is 22.4 Å². The van der Waals surface area contributed by atoms with Crippen molar-refractivity contribution in [2.45, 2.75) is 38.6 Å². The summed E-state index contributed by atoms with van der Waals surface area (Å²) in [4.78, 5) is 11.0. The van der Waals surface area contributed by atoms with E-state index in [0.717, 1.165) is 18.0 Å². The van der Waals surface area contributed by atoms with Crippen LogP contribution in [0.2, 0.25) is 0 Å². The second-order valence-electron chi connectivity index (χ2n) is 4.26. The molecule has 0 saturated heterocycles. The van der Waals surface area contributed by atoms with E-state index in [4.69, 9.17) is 0 Å². The van der Waals surface area contributed by atoms with Gasteiger partial charge in [-0.3, -0.25) is 4.79 Å². The summed E-state index contributed by atoms with van der Waals surface area (Å²) in [5.41, 5.74) is 0.674. The van der Waals surface area contributed by atoms with Gasteiger partial charge >= 0.3 is 0 Å². The highest BCUT2D eigenvalue weighted by atomic mass is 16.1. The summed E-state index contributed by atoms with van der Waals surface area (Å²) in [5, 5.41) is 9.50. The van der Waals surface area contributed by atoms with Gasteiger partial charge in [0.1, 0.15) is 0 Å². The van der Waals surface area contributed by atoms with Crippen molar-refractivity contribution >= 4 is 5.69 Å². The Morgan fingerprint density at radius 3 is 3.07 bits per heavy atom. The molecule has 1 unspecified atom stereocenters. The molecular formula is C11H17N3O. The third-order valence-corrected chi connectivity index (χ3v) is 2.84. The van der Waals surface area contributed by atoms with Gasteiger partial charge in [0.15, 0.2) is 0 Å². The summed E-state index contributed by atoms with van der Waals surface area (Å²) in [6.45, 7) is 2.17. The normalized spacial score (nSPS) is 17.4. The molecule has 1 aliphatic carbocycles. The first-order valence-electron chi connectivity index (χ1n) is 5.59. The molecule has 4 heteroatoms. The van der Waals surface area contributed by atoms with Crippen LogP contribution in [0.5, 0.6) is 0 Å². The van der Waals surface area contributed by atoms with Gasteiger partial charge in [-0.15, -0.1) is 0 Å². The summed E-state index contributed by atoms with van der Waals surface area (Å²) in [6, 6.07) is 2.03. The minimum Gasteiger partial charge on any atom is -0.381 e. The average Bonchev–Trinajstić information content (AvgIpc) is 3.01. The lowest BCUT2D eigenvalue weighted by atomic mass is 10.1. The second kappa shape index (κ2) is 4.47. The van der Waals surface area contributed by atoms with E-state index < -0.39 is 0 Å². The predicted octanol–water partition coefficient (Wildman–Crippen LogP) is 1.76. The number of hydrogen-bond acceptors (Lipinski definition) is 3. The fourth-order valence-corrected chi connectivity index (χ4v) is 1.77. The van der Waals surface area contributed by atoms with Crippen molar-refractivity contribution in [3.05, 3.63) is 22.6 Å². The minimum atomic E-state index is -0.152. The van der Waals surface area contributed by atoms with Gasteiger partial charge in [-0.05, 0) is 18.8 Å². The van der Waals surface area contributed by atoms with E-state index in [1.807, 2.05) is 0 Å². The molecule has 2 rings (SSSR count). The molecule has 1 heterocycles. The zero-order valence-corrected chi connectivity index (χ0v) is 8.99. The van der Waals surface area contributed by atoms with Crippen molar-refractivity contribution in [1.82, 2.24) is 10.2 Å². The monoisotopic (exact) mass is 207 g/mol. The van der Waals surface area contributed by atoms with Crippen LogP contribution in [0.15, 0.2) is 17.1 Å². The predicted molar refractivity (Wildman–Crippen MR) is 59.9 cm³/mol. The molecule has 15 heavy (non-hydrogen) atoms. The maximum atomic E-state index is 11.0. The Kier molecular flexibility index (Phi) is 3.04. The van der Waals surface area contributed by atoms with Gasteiger partial charge in [0.05, 0.1) is 11.9 Å². The lowest BCUT2D eigenvalue weighted by Gasteiger charge is -2.17. The van der Waals surface area contributed by atoms with Crippen LogP contribution in [0.1, 0.15) is 32.6 Å². The highest BCUT2D eigenvalue weighted by molar-refractivity contribution is 5.39. The molecule has 1 atom stereocenters. The molecule has 82 valence electrons. The average molecular weight is 207 g/mol. The first-order valence-corrected chi connectivity index (χ1v) is 5.59. The topological polar surface area (TPSA) is 57.8 Å². The van der Waals surface area contributed by atoms with Crippen LogP contribution in [0.25, 0.3) is 0 Å². The lowest BCUT2D eigenvalue weighted by Crippen LogP contribution is -2.20. The number of H-pyrrole nitrogens is 1. The highest BCUT2D eigenvalue weighted by Gasteiger charge is 2.24. The van der Waals surface area contributed by atoms with Gasteiger partial charge in [0.2, 0.25) is 0 Å². The molecule has 4 nitrogen and oxygen atoms in total. The first kappa shape index (κ1) is 10.2. The Morgan fingerprint density at radius 2 is 2.47 bits per heavy atom. The van der Waals surface area contributed by atoms with Gasteiger partial charge in [-0.1, -0.05) is 19.8 Å². The number of nitrogens with one attached hydrogen (secondary N) is 2. The molecule has 1 saturated carbocycles. The quantitative estimate of drug-likeness (QED) is 0.773. The van der Waals surface area contributed by atoms with Crippen LogP contribution < -0.4 is 10.9 Å². The zero-order valence-electron chi connectivity index (χ0n) is 8.99. The van der Waals surface area contributed by atoms with Crippen LogP contribution >= 0.6 is 0 Å². The Labute approximate surface area is 89.1 Å². The number of anilines is 1. The van der Waals surface area contributed by atoms with Gasteiger partial charge in [0.25, 0.3) is 5.56 Å². The molecular weight excluding hydrogens is 190 g/mol. The van der Waals surface area contributed by atoms with Gasteiger partial charge in [-0.25, -0.2) is 5.10 Å². The minimum absolute atomic E-state index is 0.152. The van der Waals surface area contributed by atoms with Crippen molar-refractivity contribution in [3.63, 3.8) is 0 Å². The fourth-order valence-electron chi connectivity index (χ4n) is 1.77. The van der Waals surface area contributed by atoms with Crippen LogP contribution in [-0.4, -0.2) is 16.2 Å². The van der Waals surface area contributed by atoms with Crippen LogP contribution in [0.4, 0.5) is 5.69 Å². The summed E-state index contributed by atoms with van der Waals surface area (Å²) >= 11 is 0. The number of rotatable bonds is 5. The molecule has 2 N–H and O–H groups in total. The smallest absolute Gasteiger partial charge is 0.266 e. The molecule has 0 aromatic carbocycles. The molecule has 0 bridgehead atoms. The van der Waals surface area contributed by atoms with E-state index in [0.29, 0.717) is 6.04 Å². The number of aromatic nitrogens is 2. The van der Waals surface area contributed by atoms with E-state index in [9.17, 15) is 4.79 Å². The summed E-state index contributed by atoms with van der Waals surface area (Å²) in [7, 11) is 0. The number of aromatic amines is 1. The van der Waals surface area contributed by atoms with Crippen LogP contribution in [0.3, 0.4) is 0 Å². The Bertz CT molecular complexity index is 370. The van der Waals surface area contributed by atoms with Crippen LogP contribution in [0, 0.1) is 5.92 Å². The maximum absolute atomic E-state index is 11.0. The molecule has 1 aliphatic rings. The van der Waals surface area contributed by atoms with Crippen molar-refractivity contribution in [2.75, 3.05) is 5.32 Å². The summed E-state index contributed by atoms with van der Waals surface area (Å²) < 4.78 is 0. The number of nitrogens with zero attached hydrogens (tertiary/aromatic N) is 1. The molecule has 0 spiro atoms. The molecule has 0 radical (unpaired) electrons. The Balaban J connectivity index is 1.95. The maximum Gasteiger partial charge on any atom is 0.266 e. The fraction of sp³-hybridized carbons (Fsp3) is 0.636. The van der Waals surface area contributed by atoms with Crippen molar-refractivity contribution < 1.29 is 0 Å². The molecule has 1 fully saturated rings. The zero-order chi connectivity index (χ0) is 10.7. The third-order valence-electron chi connectivity index (χ3n) is 2.84. The highest BCUT2D eigenvalue weighted by Crippen LogP contribution is 2.34. The molecule has 0 amide bonds. The van der Waals surface area contributed by atoms with E-state index in [-0.39, 0.29) is 5.56 Å². The lowest BCUT2D eigenvalue weighted by molar-refractivity contribution is 0.586. The van der Waals surface area contributed by atoms with Crippen LogP contribution in [-0.2, 0) is 0 Å². The van der Waals surface area contributed by atoms with Crippen molar-refractivity contribution in [1.29, 1.82) is 0 Å². The SMILES string of the molecule is CCC(CC1CC1)Nc1cn[nH]c(=O)c1. The molecule has 0 aliphatic heterocycles. The summed E-state index contributed by atoms with van der Waals surface area (Å²) in [6.07, 6.45) is 6.70. The summed E-state index contributed by atoms with van der Waals surface area (Å²) in [5.74, 6) is 0.900. The van der Waals surface area contributed by atoms with Crippen molar-refractivity contribution in [3.8, 4) is 0 Å². The van der Waals surface area contributed by atoms with E-state index >= 15 is 0 Å². The third kappa shape index (κ3) is 3.08. The second-order valence-corrected chi connectivity index (χ2v) is 4.26. The molecule has 1 aromatic heterocycles. The Hall–Kier alpha value is -1.32. The van der Waals surface area contributed by atoms with E-state index in [1.54, 1.807) is 12.3 Å². The van der Waals surface area contributed by atoms with Gasteiger partial charge < -0.3 is 5.32 Å².